The van der Waals surface area contributed by atoms with E-state index in [2.05, 4.69) is 41.4 Å². The maximum absolute atomic E-state index is 12.9. The summed E-state index contributed by atoms with van der Waals surface area (Å²) in [5, 5.41) is 16.9. The summed E-state index contributed by atoms with van der Waals surface area (Å²) in [5.41, 5.74) is 7.36. The average Bonchev–Trinajstić information content (AvgIpc) is 2.94. The van der Waals surface area contributed by atoms with Crippen molar-refractivity contribution in [2.45, 2.75) is 0 Å². The molecule has 2 aromatic heterocycles. The minimum atomic E-state index is -0.511. The third-order valence-corrected chi connectivity index (χ3v) is 6.00. The van der Waals surface area contributed by atoms with Gasteiger partial charge in [-0.2, -0.15) is 20.2 Å². The second-order valence-electron chi connectivity index (χ2n) is 8.33. The minimum absolute atomic E-state index is 0.0690. The Bertz CT molecular complexity index is 1720. The van der Waals surface area contributed by atoms with Crippen molar-refractivity contribution in [2.24, 2.45) is 7.05 Å². The highest BCUT2D eigenvalue weighted by molar-refractivity contribution is 6.31. The van der Waals surface area contributed by atoms with Crippen LogP contribution in [0.5, 0.6) is 0 Å². The lowest BCUT2D eigenvalue weighted by Gasteiger charge is -2.15. The van der Waals surface area contributed by atoms with Crippen LogP contribution in [-0.4, -0.2) is 24.5 Å². The second-order valence-corrected chi connectivity index (χ2v) is 9.20. The average molecular weight is 571 g/mol. The van der Waals surface area contributed by atoms with Gasteiger partial charge >= 0.3 is 0 Å². The lowest BCUT2D eigenvalue weighted by atomic mass is 10.1. The van der Waals surface area contributed by atoms with E-state index in [0.717, 1.165) is 0 Å². The Morgan fingerprint density at radius 3 is 1.88 bits per heavy atom. The molecule has 2 heterocycles. The van der Waals surface area contributed by atoms with Crippen LogP contribution in [0.4, 0.5) is 35.2 Å². The van der Waals surface area contributed by atoms with Crippen molar-refractivity contribution < 1.29 is 0 Å². The Labute approximate surface area is 238 Å². The molecule has 0 spiro atoms. The molecule has 0 fully saturated rings. The minimum Gasteiger partial charge on any atom is -0.324 e. The van der Waals surface area contributed by atoms with Gasteiger partial charge in [-0.3, -0.25) is 20.2 Å². The third kappa shape index (κ3) is 6.10. The van der Waals surface area contributed by atoms with Crippen LogP contribution in [-0.2, 0) is 7.05 Å². The number of halogens is 2. The van der Waals surface area contributed by atoms with Crippen LogP contribution in [0.15, 0.2) is 83.7 Å². The zero-order valence-corrected chi connectivity index (χ0v) is 22.4. The molecule has 0 atom stereocenters. The molecule has 40 heavy (non-hydrogen) atoms. The summed E-state index contributed by atoms with van der Waals surface area (Å²) in [4.78, 5) is 30.7. The van der Waals surface area contributed by atoms with Crippen LogP contribution >= 0.6 is 23.2 Å². The number of nitrogens with zero attached hydrogens (tertiary/aromatic N) is 6. The summed E-state index contributed by atoms with van der Waals surface area (Å²) in [7, 11) is 1.50. The molecular weight excluding hydrogens is 551 g/mol. The fourth-order valence-electron chi connectivity index (χ4n) is 3.67. The summed E-state index contributed by atoms with van der Waals surface area (Å²) in [6.45, 7) is 0. The molecule has 0 aliphatic heterocycles. The molecule has 0 saturated carbocycles. The molecule has 3 aromatic carbocycles. The van der Waals surface area contributed by atoms with Crippen LogP contribution in [0.2, 0.25) is 10.0 Å². The zero-order chi connectivity index (χ0) is 28.1. The predicted molar refractivity (Wildman–Crippen MR) is 156 cm³/mol. The molecule has 11 nitrogen and oxygen atoms in total. The van der Waals surface area contributed by atoms with Gasteiger partial charge in [0.05, 0.1) is 5.69 Å². The monoisotopic (exact) mass is 570 g/mol. The van der Waals surface area contributed by atoms with Crippen LogP contribution < -0.4 is 27.0 Å². The lowest BCUT2D eigenvalue weighted by molar-refractivity contribution is 0.829. The van der Waals surface area contributed by atoms with Gasteiger partial charge in [0.15, 0.2) is 0 Å². The van der Waals surface area contributed by atoms with Gasteiger partial charge in [0.1, 0.15) is 11.6 Å². The topological polar surface area (TPSA) is 145 Å². The van der Waals surface area contributed by atoms with E-state index in [0.29, 0.717) is 27.0 Å². The summed E-state index contributed by atoms with van der Waals surface area (Å²) < 4.78 is 1.22. The Balaban J connectivity index is 1.48. The number of nitriles is 1. The molecule has 0 unspecified atom stereocenters. The first-order valence-corrected chi connectivity index (χ1v) is 12.5. The fraction of sp³-hybridized carbons (Fsp3) is 0.0370. The van der Waals surface area contributed by atoms with Gasteiger partial charge in [0.25, 0.3) is 5.56 Å². The molecule has 0 bridgehead atoms. The molecule has 5 aromatic rings. The van der Waals surface area contributed by atoms with Crippen LogP contribution in [0.1, 0.15) is 5.56 Å². The molecule has 0 aliphatic rings. The summed E-state index contributed by atoms with van der Waals surface area (Å²) in [6.07, 6.45) is 0. The van der Waals surface area contributed by atoms with E-state index in [9.17, 15) is 10.1 Å². The quantitative estimate of drug-likeness (QED) is 0.170. The van der Waals surface area contributed by atoms with Crippen molar-refractivity contribution in [1.82, 2.24) is 24.5 Å². The van der Waals surface area contributed by atoms with Crippen molar-refractivity contribution >= 4 is 58.4 Å². The van der Waals surface area contributed by atoms with Gasteiger partial charge in [-0.25, -0.2) is 4.98 Å². The number of benzene rings is 3. The molecule has 13 heteroatoms. The van der Waals surface area contributed by atoms with E-state index >= 15 is 0 Å². The van der Waals surface area contributed by atoms with E-state index < -0.39 is 5.56 Å². The largest absolute Gasteiger partial charge is 0.324 e. The Morgan fingerprint density at radius 1 is 0.750 bits per heavy atom. The number of rotatable bonds is 8. The zero-order valence-electron chi connectivity index (χ0n) is 20.9. The first kappa shape index (κ1) is 26.4. The van der Waals surface area contributed by atoms with E-state index in [1.807, 2.05) is 24.3 Å². The van der Waals surface area contributed by atoms with Gasteiger partial charge < -0.3 is 10.6 Å². The summed E-state index contributed by atoms with van der Waals surface area (Å²) in [5.74, 6) is 0.649. The molecule has 0 amide bonds. The SMILES string of the molecule is Cn1c(NNc2nc(Nc3cccc(Cl)c3)nc(Nc3cccc(Cl)c3)n2)nc(-c2ccccc2)c(C#N)c1=O. The Hall–Kier alpha value is -5.18. The Morgan fingerprint density at radius 2 is 1.32 bits per heavy atom. The maximum atomic E-state index is 12.9. The highest BCUT2D eigenvalue weighted by Crippen LogP contribution is 2.23. The number of hydrogen-bond acceptors (Lipinski definition) is 10. The smallest absolute Gasteiger partial charge is 0.273 e. The van der Waals surface area contributed by atoms with E-state index in [1.54, 1.807) is 60.7 Å². The molecule has 4 N–H and O–H groups in total. The van der Waals surface area contributed by atoms with Gasteiger partial charge in [0.2, 0.25) is 23.8 Å². The standard InChI is InChI=1S/C27H20Cl2N10O/c1-39-23(40)21(15-30)22(16-7-3-2-4-8-16)33-27(39)38-37-26-35-24(31-19-11-5-9-17(28)13-19)34-25(36-26)32-20-12-6-10-18(29)14-20/h2-14H,1H3,(H,33,38)(H3,31,32,34,35,36,37). The van der Waals surface area contributed by atoms with Gasteiger partial charge in [0, 0.05) is 34.0 Å². The molecule has 198 valence electrons. The van der Waals surface area contributed by atoms with Crippen LogP contribution in [0.25, 0.3) is 11.3 Å². The fourth-order valence-corrected chi connectivity index (χ4v) is 4.05. The number of hydrogen-bond donors (Lipinski definition) is 4. The summed E-state index contributed by atoms with van der Waals surface area (Å²) >= 11 is 12.2. The summed E-state index contributed by atoms with van der Waals surface area (Å²) in [6, 6.07) is 25.1. The predicted octanol–water partition coefficient (Wildman–Crippen LogP) is 5.74. The van der Waals surface area contributed by atoms with Gasteiger partial charge in [-0.15, -0.1) is 0 Å². The normalized spacial score (nSPS) is 10.4. The van der Waals surface area contributed by atoms with Crippen molar-refractivity contribution in [2.75, 3.05) is 21.5 Å². The number of anilines is 6. The first-order chi connectivity index (χ1) is 19.4. The molecule has 0 aliphatic carbocycles. The van der Waals surface area contributed by atoms with Crippen molar-refractivity contribution in [3.63, 3.8) is 0 Å². The second kappa shape index (κ2) is 11.7. The first-order valence-electron chi connectivity index (χ1n) is 11.8. The number of nitrogens with one attached hydrogen (secondary N) is 4. The van der Waals surface area contributed by atoms with E-state index in [4.69, 9.17) is 23.2 Å². The number of hydrazine groups is 1. The van der Waals surface area contributed by atoms with Crippen LogP contribution in [0, 0.1) is 11.3 Å². The maximum Gasteiger partial charge on any atom is 0.273 e. The van der Waals surface area contributed by atoms with Gasteiger partial charge in [-0.1, -0.05) is 65.7 Å². The lowest BCUT2D eigenvalue weighted by Crippen LogP contribution is -2.27. The molecule has 0 radical (unpaired) electrons. The van der Waals surface area contributed by atoms with Crippen molar-refractivity contribution in [1.29, 1.82) is 5.26 Å². The number of aromatic nitrogens is 5. The molecular formula is C27H20Cl2N10O. The van der Waals surface area contributed by atoms with Crippen molar-refractivity contribution in [3.05, 3.63) is 105 Å². The van der Waals surface area contributed by atoms with Crippen molar-refractivity contribution in [3.8, 4) is 17.3 Å². The highest BCUT2D eigenvalue weighted by Gasteiger charge is 2.17. The molecule has 5 rings (SSSR count). The van der Waals surface area contributed by atoms with E-state index in [1.165, 1.54) is 11.6 Å². The third-order valence-electron chi connectivity index (χ3n) is 5.53. The Kier molecular flexibility index (Phi) is 7.72. The highest BCUT2D eigenvalue weighted by atomic mass is 35.5. The molecule has 0 saturated heterocycles. The van der Waals surface area contributed by atoms with Gasteiger partial charge in [-0.05, 0) is 36.4 Å². The van der Waals surface area contributed by atoms with Crippen LogP contribution in [0.3, 0.4) is 0 Å². The van der Waals surface area contributed by atoms with E-state index in [-0.39, 0.29) is 35.1 Å².